The quantitative estimate of drug-likeness (QED) is 0.758. The van der Waals surface area contributed by atoms with Crippen LogP contribution in [0.1, 0.15) is 57.7 Å². The van der Waals surface area contributed by atoms with Crippen molar-refractivity contribution in [3.63, 3.8) is 0 Å². The van der Waals surface area contributed by atoms with E-state index in [1.807, 2.05) is 13.0 Å². The molecule has 1 aromatic heterocycles. The minimum atomic E-state index is -0.271. The number of nitrogens with two attached hydrogens (primary N) is 1. The number of allylic oxidation sites excluding steroid dienone is 2. The summed E-state index contributed by atoms with van der Waals surface area (Å²) >= 11 is 0. The third-order valence-electron chi connectivity index (χ3n) is 4.00. The largest absolute Gasteiger partial charge is 0.393 e. The van der Waals surface area contributed by atoms with Gasteiger partial charge in [-0.25, -0.2) is 9.97 Å². The minimum absolute atomic E-state index is 0.271. The monoisotopic (exact) mass is 301 g/mol. The van der Waals surface area contributed by atoms with Gasteiger partial charge >= 0.3 is 0 Å². The van der Waals surface area contributed by atoms with Crippen molar-refractivity contribution in [3.8, 4) is 11.8 Å². The molecule has 120 valence electrons. The van der Waals surface area contributed by atoms with Crippen LogP contribution in [0.25, 0.3) is 5.57 Å². The summed E-state index contributed by atoms with van der Waals surface area (Å²) in [4.78, 5) is 8.24. The molecule has 22 heavy (non-hydrogen) atoms. The first-order chi connectivity index (χ1) is 10.5. The Morgan fingerprint density at radius 2 is 2.05 bits per heavy atom. The Labute approximate surface area is 133 Å². The summed E-state index contributed by atoms with van der Waals surface area (Å²) in [6.45, 7) is 7.93. The van der Waals surface area contributed by atoms with E-state index < -0.39 is 0 Å². The van der Waals surface area contributed by atoms with Crippen LogP contribution in [0.15, 0.2) is 12.4 Å². The number of nitrogens with zero attached hydrogens (tertiary/aromatic N) is 2. The highest BCUT2D eigenvalue weighted by molar-refractivity contribution is 5.84. The van der Waals surface area contributed by atoms with Gasteiger partial charge < -0.3 is 10.8 Å². The van der Waals surface area contributed by atoms with Crippen LogP contribution >= 0.6 is 0 Å². The van der Waals surface area contributed by atoms with E-state index in [2.05, 4.69) is 35.7 Å². The van der Waals surface area contributed by atoms with Crippen LogP contribution < -0.4 is 5.73 Å². The fourth-order valence-corrected chi connectivity index (χ4v) is 2.64. The summed E-state index contributed by atoms with van der Waals surface area (Å²) in [5, 5.41) is 10.2. The van der Waals surface area contributed by atoms with Crippen LogP contribution in [0.3, 0.4) is 0 Å². The van der Waals surface area contributed by atoms with E-state index in [9.17, 15) is 5.11 Å². The fourth-order valence-electron chi connectivity index (χ4n) is 2.64. The highest BCUT2D eigenvalue weighted by Gasteiger charge is 2.15. The van der Waals surface area contributed by atoms with E-state index in [4.69, 9.17) is 5.73 Å². The maximum absolute atomic E-state index is 10.2. The van der Waals surface area contributed by atoms with Crippen molar-refractivity contribution in [1.29, 1.82) is 0 Å². The van der Waals surface area contributed by atoms with Gasteiger partial charge in [-0.15, -0.1) is 5.92 Å². The number of aromatic nitrogens is 2. The van der Waals surface area contributed by atoms with Gasteiger partial charge in [-0.1, -0.05) is 38.7 Å². The number of anilines is 1. The summed E-state index contributed by atoms with van der Waals surface area (Å²) in [5.74, 6) is 6.80. The molecule has 0 saturated carbocycles. The molecule has 0 saturated heterocycles. The Balaban J connectivity index is 2.90. The molecule has 0 aromatic carbocycles. The predicted molar refractivity (Wildman–Crippen MR) is 91.9 cm³/mol. The van der Waals surface area contributed by atoms with E-state index in [1.165, 1.54) is 6.33 Å². The zero-order valence-electron chi connectivity index (χ0n) is 14.1. The molecular formula is C18H27N3O. The maximum Gasteiger partial charge on any atom is 0.135 e. The first-order valence-electron chi connectivity index (χ1n) is 7.93. The predicted octanol–water partition coefficient (Wildman–Crippen LogP) is 3.35. The van der Waals surface area contributed by atoms with Crippen molar-refractivity contribution < 1.29 is 5.11 Å². The Morgan fingerprint density at radius 1 is 1.36 bits per heavy atom. The van der Waals surface area contributed by atoms with E-state index in [1.54, 1.807) is 6.92 Å². The van der Waals surface area contributed by atoms with Gasteiger partial charge in [-0.2, -0.15) is 0 Å². The Hall–Kier alpha value is -1.86. The molecule has 0 fully saturated rings. The third-order valence-corrected chi connectivity index (χ3v) is 4.00. The van der Waals surface area contributed by atoms with Gasteiger partial charge in [0.2, 0.25) is 0 Å². The average molecular weight is 301 g/mol. The van der Waals surface area contributed by atoms with Crippen LogP contribution in [0, 0.1) is 24.7 Å². The van der Waals surface area contributed by atoms with Gasteiger partial charge in [-0.05, 0) is 32.6 Å². The smallest absolute Gasteiger partial charge is 0.135 e. The molecular weight excluding hydrogens is 274 g/mol. The van der Waals surface area contributed by atoms with Crippen molar-refractivity contribution in [1.82, 2.24) is 9.97 Å². The van der Waals surface area contributed by atoms with E-state index >= 15 is 0 Å². The summed E-state index contributed by atoms with van der Waals surface area (Å²) in [6.07, 6.45) is 6.71. The number of aryl methyl sites for hydroxylation is 1. The molecule has 4 heteroatoms. The molecule has 0 aliphatic rings. The van der Waals surface area contributed by atoms with Crippen LogP contribution in [-0.2, 0) is 0 Å². The van der Waals surface area contributed by atoms with Crippen LogP contribution in [0.2, 0.25) is 0 Å². The van der Waals surface area contributed by atoms with Crippen LogP contribution in [-0.4, -0.2) is 21.2 Å². The van der Waals surface area contributed by atoms with Gasteiger partial charge in [0.1, 0.15) is 12.1 Å². The molecule has 4 nitrogen and oxygen atoms in total. The summed E-state index contributed by atoms with van der Waals surface area (Å²) in [6, 6.07) is 0. The number of aliphatic hydroxyl groups excluding tert-OH is 1. The van der Waals surface area contributed by atoms with Gasteiger partial charge in [-0.3, -0.25) is 0 Å². The Kier molecular flexibility index (Phi) is 7.62. The van der Waals surface area contributed by atoms with Gasteiger partial charge in [0.05, 0.1) is 17.4 Å². The van der Waals surface area contributed by atoms with E-state index in [0.29, 0.717) is 11.7 Å². The fraction of sp³-hybridized carbons (Fsp3) is 0.556. The third kappa shape index (κ3) is 4.85. The topological polar surface area (TPSA) is 72.0 Å². The van der Waals surface area contributed by atoms with Gasteiger partial charge in [0.25, 0.3) is 0 Å². The highest BCUT2D eigenvalue weighted by atomic mass is 16.3. The summed E-state index contributed by atoms with van der Waals surface area (Å²) in [7, 11) is 0. The van der Waals surface area contributed by atoms with Crippen LogP contribution in [0.4, 0.5) is 5.82 Å². The van der Waals surface area contributed by atoms with Crippen molar-refractivity contribution in [2.75, 3.05) is 5.73 Å². The van der Waals surface area contributed by atoms with Crippen molar-refractivity contribution >= 4 is 11.4 Å². The SMILES string of the molecule is CC#C/C(=C/CCC(O)C(CC)CC)c1c(C)ncnc1N. The molecule has 1 unspecified atom stereocenters. The van der Waals surface area contributed by atoms with Crippen molar-refractivity contribution in [3.05, 3.63) is 23.7 Å². The number of nitrogen functional groups attached to an aromatic ring is 1. The first-order valence-corrected chi connectivity index (χ1v) is 7.93. The lowest BCUT2D eigenvalue weighted by Crippen LogP contribution is -2.18. The first kappa shape index (κ1) is 18.2. The lowest BCUT2D eigenvalue weighted by molar-refractivity contribution is 0.0952. The molecule has 0 amide bonds. The molecule has 0 aliphatic heterocycles. The second-order valence-electron chi connectivity index (χ2n) is 5.43. The van der Waals surface area contributed by atoms with E-state index in [-0.39, 0.29) is 6.10 Å². The number of aliphatic hydroxyl groups is 1. The van der Waals surface area contributed by atoms with Crippen molar-refractivity contribution in [2.45, 2.75) is 59.5 Å². The molecule has 0 spiro atoms. The highest BCUT2D eigenvalue weighted by Crippen LogP contribution is 2.23. The normalized spacial score (nSPS) is 12.9. The molecule has 0 radical (unpaired) electrons. The lowest BCUT2D eigenvalue weighted by Gasteiger charge is -2.19. The average Bonchev–Trinajstić information content (AvgIpc) is 2.48. The van der Waals surface area contributed by atoms with Gasteiger partial charge in [0, 0.05) is 5.57 Å². The zero-order chi connectivity index (χ0) is 16.5. The zero-order valence-corrected chi connectivity index (χ0v) is 14.1. The molecule has 1 rings (SSSR count). The molecule has 1 aromatic rings. The molecule has 0 aliphatic carbocycles. The second-order valence-corrected chi connectivity index (χ2v) is 5.43. The van der Waals surface area contributed by atoms with Crippen molar-refractivity contribution in [2.24, 2.45) is 5.92 Å². The summed E-state index contributed by atoms with van der Waals surface area (Å²) in [5.41, 5.74) is 8.43. The van der Waals surface area contributed by atoms with Crippen LogP contribution in [0.5, 0.6) is 0 Å². The Morgan fingerprint density at radius 3 is 2.59 bits per heavy atom. The van der Waals surface area contributed by atoms with Gasteiger partial charge in [0.15, 0.2) is 0 Å². The lowest BCUT2D eigenvalue weighted by atomic mass is 9.93. The molecule has 0 bridgehead atoms. The number of rotatable bonds is 7. The van der Waals surface area contributed by atoms with E-state index in [0.717, 1.165) is 42.5 Å². The molecule has 3 N–H and O–H groups in total. The maximum atomic E-state index is 10.2. The summed E-state index contributed by atoms with van der Waals surface area (Å²) < 4.78 is 0. The molecule has 1 atom stereocenters. The number of hydrogen-bond acceptors (Lipinski definition) is 4. The molecule has 1 heterocycles. The Bertz CT molecular complexity index is 545. The minimum Gasteiger partial charge on any atom is -0.393 e. The second kappa shape index (κ2) is 9.22. The standard InChI is InChI=1S/C18H27N3O/c1-5-9-15(17-13(4)20-12-21-18(17)19)10-8-11-16(22)14(6-2)7-3/h10,12,14,16,22H,6-8,11H2,1-4H3,(H2,19,20,21)/b15-10-. The number of hydrogen-bond donors (Lipinski definition) is 2.